The van der Waals surface area contributed by atoms with Crippen LogP contribution in [-0.2, 0) is 0 Å². The predicted octanol–water partition coefficient (Wildman–Crippen LogP) is 15.8. The molecule has 14 aromatic rings. The Morgan fingerprint density at radius 3 is 1.30 bits per heavy atom. The van der Waals surface area contributed by atoms with E-state index in [4.69, 9.17) is 15.0 Å². The Morgan fingerprint density at radius 1 is 0.261 bits per heavy atom. The third-order valence-corrected chi connectivity index (χ3v) is 13.7. The molecule has 4 heterocycles. The fourth-order valence-corrected chi connectivity index (χ4v) is 10.6. The van der Waals surface area contributed by atoms with Crippen LogP contribution in [0.5, 0.6) is 0 Å². The zero-order valence-electron chi connectivity index (χ0n) is 37.3. The molecule has 0 aliphatic carbocycles. The van der Waals surface area contributed by atoms with Crippen LogP contribution in [-0.4, -0.2) is 28.7 Å². The molecule has 0 unspecified atom stereocenters. The lowest BCUT2D eigenvalue weighted by molar-refractivity contribution is 0.953. The van der Waals surface area contributed by atoms with Gasteiger partial charge in [-0.25, -0.2) is 4.98 Å². The van der Waals surface area contributed by atoms with Crippen LogP contribution in [0.25, 0.3) is 128 Å². The van der Waals surface area contributed by atoms with Crippen LogP contribution in [0, 0.1) is 0 Å². The summed E-state index contributed by atoms with van der Waals surface area (Å²) in [6.07, 6.45) is 0. The summed E-state index contributed by atoms with van der Waals surface area (Å²) in [5, 5.41) is 6.90. The fourth-order valence-electron chi connectivity index (χ4n) is 10.6. The number of aromatic nitrogens is 6. The second kappa shape index (κ2) is 15.6. The van der Waals surface area contributed by atoms with Crippen molar-refractivity contribution in [3.05, 3.63) is 243 Å². The third kappa shape index (κ3) is 6.16. The summed E-state index contributed by atoms with van der Waals surface area (Å²) < 4.78 is 7.22. The van der Waals surface area contributed by atoms with Crippen molar-refractivity contribution in [2.45, 2.75) is 0 Å². The molecule has 0 bridgehead atoms. The van der Waals surface area contributed by atoms with E-state index in [9.17, 15) is 0 Å². The maximum Gasteiger partial charge on any atom is 0.238 e. The van der Waals surface area contributed by atoms with Gasteiger partial charge >= 0.3 is 0 Å². The Morgan fingerprint density at radius 2 is 0.696 bits per heavy atom. The summed E-state index contributed by atoms with van der Waals surface area (Å²) in [4.78, 5) is 16.2. The van der Waals surface area contributed by atoms with Crippen LogP contribution < -0.4 is 0 Å². The van der Waals surface area contributed by atoms with Gasteiger partial charge in [0.25, 0.3) is 0 Å². The lowest BCUT2D eigenvalue weighted by Gasteiger charge is -2.16. The number of hydrogen-bond acceptors (Lipinski definition) is 3. The van der Waals surface area contributed by atoms with E-state index in [2.05, 4.69) is 232 Å². The summed E-state index contributed by atoms with van der Waals surface area (Å²) in [5.41, 5.74) is 15.0. The Labute approximate surface area is 397 Å². The molecule has 0 N–H and O–H groups in total. The van der Waals surface area contributed by atoms with E-state index < -0.39 is 0 Å². The Bertz CT molecular complexity index is 4230. The first kappa shape index (κ1) is 38.8. The first-order valence-corrected chi connectivity index (χ1v) is 23.4. The number of benzene rings is 10. The number of hydrogen-bond donors (Lipinski definition) is 0. The molecule has 0 radical (unpaired) electrons. The summed E-state index contributed by atoms with van der Waals surface area (Å²) in [6.45, 7) is 0. The van der Waals surface area contributed by atoms with E-state index in [0.29, 0.717) is 17.6 Å². The molecule has 14 rings (SSSR count). The van der Waals surface area contributed by atoms with Gasteiger partial charge in [0.05, 0.1) is 38.8 Å². The highest BCUT2D eigenvalue weighted by Crippen LogP contribution is 2.46. The molecule has 0 amide bonds. The fraction of sp³-hybridized carbons (Fsp3) is 0. The van der Waals surface area contributed by atoms with E-state index in [1.54, 1.807) is 0 Å². The molecule has 0 atom stereocenters. The van der Waals surface area contributed by atoms with Crippen molar-refractivity contribution in [3.63, 3.8) is 0 Å². The van der Waals surface area contributed by atoms with Gasteiger partial charge in [-0.1, -0.05) is 194 Å². The predicted molar refractivity (Wildman–Crippen MR) is 285 cm³/mol. The molecule has 0 fully saturated rings. The van der Waals surface area contributed by atoms with Crippen molar-refractivity contribution < 1.29 is 0 Å². The van der Waals surface area contributed by atoms with Crippen LogP contribution in [0.15, 0.2) is 243 Å². The van der Waals surface area contributed by atoms with Gasteiger partial charge in [0.2, 0.25) is 5.95 Å². The minimum absolute atomic E-state index is 0.539. The van der Waals surface area contributed by atoms with E-state index in [0.717, 1.165) is 93.8 Å². The maximum absolute atomic E-state index is 5.50. The van der Waals surface area contributed by atoms with Gasteiger partial charge in [-0.2, -0.15) is 9.97 Å². The summed E-state index contributed by atoms with van der Waals surface area (Å²) in [5.74, 6) is 1.73. The Hall–Kier alpha value is -9.39. The molecule has 6 nitrogen and oxygen atoms in total. The zero-order chi connectivity index (χ0) is 45.4. The summed E-state index contributed by atoms with van der Waals surface area (Å²) in [6, 6.07) is 86.3. The highest BCUT2D eigenvalue weighted by atomic mass is 15.2. The lowest BCUT2D eigenvalue weighted by Crippen LogP contribution is -2.07. The van der Waals surface area contributed by atoms with Gasteiger partial charge in [0.1, 0.15) is 0 Å². The maximum atomic E-state index is 5.50. The van der Waals surface area contributed by atoms with E-state index in [1.165, 1.54) is 16.3 Å². The van der Waals surface area contributed by atoms with Crippen molar-refractivity contribution in [2.24, 2.45) is 0 Å². The molecule has 0 aliphatic rings. The van der Waals surface area contributed by atoms with Gasteiger partial charge in [0, 0.05) is 49.1 Å². The normalized spacial score (nSPS) is 11.8. The van der Waals surface area contributed by atoms with Crippen molar-refractivity contribution in [3.8, 4) is 62.4 Å². The molecule has 10 aromatic carbocycles. The number of para-hydroxylation sites is 4. The third-order valence-electron chi connectivity index (χ3n) is 13.7. The highest BCUT2D eigenvalue weighted by molar-refractivity contribution is 6.27. The molecule has 4 aromatic heterocycles. The number of nitrogens with zero attached hydrogens (tertiary/aromatic N) is 6. The van der Waals surface area contributed by atoms with Crippen molar-refractivity contribution >= 4 is 65.4 Å². The van der Waals surface area contributed by atoms with E-state index >= 15 is 0 Å². The van der Waals surface area contributed by atoms with Gasteiger partial charge in [-0.3, -0.25) is 4.57 Å². The largest absolute Gasteiger partial charge is 0.309 e. The molecule has 69 heavy (non-hydrogen) atoms. The number of fused-ring (bicyclic) bond motifs is 10. The second-order valence-electron chi connectivity index (χ2n) is 17.6. The summed E-state index contributed by atoms with van der Waals surface area (Å²) in [7, 11) is 0. The van der Waals surface area contributed by atoms with Crippen LogP contribution in [0.1, 0.15) is 0 Å². The van der Waals surface area contributed by atoms with Crippen LogP contribution in [0.2, 0.25) is 0 Å². The number of rotatable bonds is 7. The molecule has 0 saturated heterocycles. The van der Waals surface area contributed by atoms with E-state index in [1.807, 2.05) is 24.3 Å². The molecule has 0 spiro atoms. The average molecular weight is 881 g/mol. The Kier molecular flexibility index (Phi) is 8.79. The molecular formula is C63H40N6. The minimum Gasteiger partial charge on any atom is -0.309 e. The summed E-state index contributed by atoms with van der Waals surface area (Å²) >= 11 is 0. The van der Waals surface area contributed by atoms with Gasteiger partial charge in [-0.15, -0.1) is 0 Å². The Balaban J connectivity index is 1.14. The smallest absolute Gasteiger partial charge is 0.238 e. The topological polar surface area (TPSA) is 53.5 Å². The lowest BCUT2D eigenvalue weighted by atomic mass is 10.0. The first-order chi connectivity index (χ1) is 34.2. The molecule has 0 saturated carbocycles. The molecule has 0 aliphatic heterocycles. The molecule has 322 valence electrons. The van der Waals surface area contributed by atoms with Crippen LogP contribution in [0.3, 0.4) is 0 Å². The highest BCUT2D eigenvalue weighted by Gasteiger charge is 2.27. The van der Waals surface area contributed by atoms with Crippen LogP contribution in [0.4, 0.5) is 0 Å². The van der Waals surface area contributed by atoms with E-state index in [-0.39, 0.29) is 0 Å². The minimum atomic E-state index is 0.539. The van der Waals surface area contributed by atoms with Gasteiger partial charge in [-0.05, 0) is 70.8 Å². The average Bonchev–Trinajstić information content (AvgIpc) is 4.08. The SMILES string of the molecule is c1ccc(-c2ccc(-n3c4ccccc4c4c(-n5c6ccccc6c6ccccc65)cc5c6ccccc6n(-c6nc(-c7ccccc7)nc(-c7cccc(-c8ccccc8)c7)n6)c5c43)cc2)cc1. The molecular weight excluding hydrogens is 841 g/mol. The van der Waals surface area contributed by atoms with Crippen molar-refractivity contribution in [1.82, 2.24) is 28.7 Å². The standard InChI is InChI=1S/C63H40N6/c1-4-19-41(20-5-1)43-35-37-47(38-36-43)67-56-34-17-13-30-51(56)58-57(68-53-31-14-10-27-48(53)49-28-11-15-32-54(49)68)40-52-50-29-12-16-33-55(50)69(59(52)60(58)67)63-65-61(44-23-8-3-9-24-44)64-62(66-63)46-26-18-25-45(39-46)42-21-6-2-7-22-42/h1-40H. The first-order valence-electron chi connectivity index (χ1n) is 23.4. The second-order valence-corrected chi connectivity index (χ2v) is 17.6. The monoisotopic (exact) mass is 880 g/mol. The zero-order valence-corrected chi connectivity index (χ0v) is 37.3. The van der Waals surface area contributed by atoms with Crippen LogP contribution >= 0.6 is 0 Å². The quantitative estimate of drug-likeness (QED) is 0.160. The van der Waals surface area contributed by atoms with Gasteiger partial charge in [0.15, 0.2) is 11.6 Å². The molecule has 6 heteroatoms. The van der Waals surface area contributed by atoms with Crippen molar-refractivity contribution in [2.75, 3.05) is 0 Å². The van der Waals surface area contributed by atoms with Gasteiger partial charge < -0.3 is 9.13 Å². The van der Waals surface area contributed by atoms with Crippen molar-refractivity contribution in [1.29, 1.82) is 0 Å².